The number of aryl methyl sites for hydroxylation is 1. The van der Waals surface area contributed by atoms with Crippen molar-refractivity contribution in [2.75, 3.05) is 0 Å². The first-order valence-electron chi connectivity index (χ1n) is 10.5. The van der Waals surface area contributed by atoms with Crippen LogP contribution >= 0.6 is 0 Å². The van der Waals surface area contributed by atoms with Crippen LogP contribution in [0, 0.1) is 0 Å². The molecule has 1 aliphatic carbocycles. The number of allylic oxidation sites excluding steroid dienone is 5. The second-order valence-corrected chi connectivity index (χ2v) is 7.44. The van der Waals surface area contributed by atoms with Crippen molar-refractivity contribution in [3.63, 3.8) is 0 Å². The monoisotopic (exact) mass is 370 g/mol. The van der Waals surface area contributed by atoms with Gasteiger partial charge in [-0.2, -0.15) is 0 Å². The van der Waals surface area contributed by atoms with Gasteiger partial charge in [-0.1, -0.05) is 112 Å². The molecule has 3 rings (SSSR count). The van der Waals surface area contributed by atoms with Crippen molar-refractivity contribution < 1.29 is 4.79 Å². The van der Waals surface area contributed by atoms with E-state index < -0.39 is 0 Å². The van der Waals surface area contributed by atoms with Gasteiger partial charge in [-0.3, -0.25) is 4.79 Å². The standard InChI is InChI=1S/C27H30O/c1-2-3-4-5-7-15-24-18-12-19-25(27(24)23-16-10-11-17-23)20-21-26(28)22-13-8-6-9-14-22/h6,8-14,16-21,23H,2-5,7,15H2,1H3. The van der Waals surface area contributed by atoms with Crippen molar-refractivity contribution >= 4 is 11.9 Å². The molecule has 0 heterocycles. The van der Waals surface area contributed by atoms with E-state index in [4.69, 9.17) is 0 Å². The van der Waals surface area contributed by atoms with E-state index >= 15 is 0 Å². The number of hydrogen-bond donors (Lipinski definition) is 0. The highest BCUT2D eigenvalue weighted by Crippen LogP contribution is 2.31. The van der Waals surface area contributed by atoms with Crippen LogP contribution < -0.4 is 0 Å². The van der Waals surface area contributed by atoms with Crippen LogP contribution in [0.2, 0.25) is 0 Å². The van der Waals surface area contributed by atoms with E-state index in [1.807, 2.05) is 36.4 Å². The lowest BCUT2D eigenvalue weighted by atomic mass is 9.87. The molecular formula is C27H30O. The van der Waals surface area contributed by atoms with Crippen molar-refractivity contribution in [1.29, 1.82) is 0 Å². The van der Waals surface area contributed by atoms with E-state index in [1.165, 1.54) is 43.2 Å². The number of unbranched alkanes of at least 4 members (excludes halogenated alkanes) is 4. The molecule has 0 saturated carbocycles. The summed E-state index contributed by atoms with van der Waals surface area (Å²) in [5.74, 6) is 0.354. The van der Waals surface area contributed by atoms with E-state index in [0.717, 1.165) is 17.5 Å². The van der Waals surface area contributed by atoms with Crippen LogP contribution in [0.3, 0.4) is 0 Å². The lowest BCUT2D eigenvalue weighted by molar-refractivity contribution is 0.104. The van der Waals surface area contributed by atoms with Crippen molar-refractivity contribution in [2.45, 2.75) is 51.4 Å². The van der Waals surface area contributed by atoms with Gasteiger partial charge in [-0.15, -0.1) is 0 Å². The number of rotatable bonds is 10. The number of carbonyl (C=O) groups excluding carboxylic acids is 1. The highest BCUT2D eigenvalue weighted by molar-refractivity contribution is 6.06. The van der Waals surface area contributed by atoms with Gasteiger partial charge in [0.05, 0.1) is 0 Å². The molecule has 0 aromatic heterocycles. The number of hydrogen-bond acceptors (Lipinski definition) is 1. The molecule has 0 spiro atoms. The predicted molar refractivity (Wildman–Crippen MR) is 120 cm³/mol. The van der Waals surface area contributed by atoms with Gasteiger partial charge in [0.15, 0.2) is 5.78 Å². The Morgan fingerprint density at radius 1 is 0.893 bits per heavy atom. The van der Waals surface area contributed by atoms with Crippen molar-refractivity contribution in [3.05, 3.63) is 101 Å². The molecule has 1 nitrogen and oxygen atoms in total. The van der Waals surface area contributed by atoms with Crippen molar-refractivity contribution in [3.8, 4) is 0 Å². The zero-order valence-corrected chi connectivity index (χ0v) is 16.8. The van der Waals surface area contributed by atoms with E-state index in [2.05, 4.69) is 49.4 Å². The molecule has 0 N–H and O–H groups in total. The van der Waals surface area contributed by atoms with Gasteiger partial charge in [-0.05, 0) is 35.6 Å². The summed E-state index contributed by atoms with van der Waals surface area (Å²) in [7, 11) is 0. The highest BCUT2D eigenvalue weighted by atomic mass is 16.1. The summed E-state index contributed by atoms with van der Waals surface area (Å²) < 4.78 is 0. The topological polar surface area (TPSA) is 17.1 Å². The zero-order valence-electron chi connectivity index (χ0n) is 16.8. The Morgan fingerprint density at radius 3 is 2.39 bits per heavy atom. The molecule has 28 heavy (non-hydrogen) atoms. The molecule has 0 saturated heterocycles. The summed E-state index contributed by atoms with van der Waals surface area (Å²) in [5, 5.41) is 0. The quantitative estimate of drug-likeness (QED) is 0.243. The summed E-state index contributed by atoms with van der Waals surface area (Å²) in [5.41, 5.74) is 4.64. The molecule has 0 unspecified atom stereocenters. The Morgan fingerprint density at radius 2 is 1.64 bits per heavy atom. The molecule has 2 aromatic rings. The third-order valence-corrected chi connectivity index (χ3v) is 5.33. The van der Waals surface area contributed by atoms with E-state index in [9.17, 15) is 4.79 Å². The predicted octanol–water partition coefficient (Wildman–Crippen LogP) is 7.31. The smallest absolute Gasteiger partial charge is 0.185 e. The summed E-state index contributed by atoms with van der Waals surface area (Å²) >= 11 is 0. The molecule has 2 aromatic carbocycles. The normalized spacial score (nSPS) is 13.6. The van der Waals surface area contributed by atoms with Gasteiger partial charge in [-0.25, -0.2) is 0 Å². The fourth-order valence-corrected chi connectivity index (χ4v) is 3.81. The van der Waals surface area contributed by atoms with Gasteiger partial charge >= 0.3 is 0 Å². The lowest BCUT2D eigenvalue weighted by Gasteiger charge is -2.17. The Kier molecular flexibility index (Phi) is 7.61. The maximum atomic E-state index is 12.5. The average molecular weight is 371 g/mol. The summed E-state index contributed by atoms with van der Waals surface area (Å²) in [6.07, 6.45) is 20.0. The maximum absolute atomic E-state index is 12.5. The molecule has 0 radical (unpaired) electrons. The maximum Gasteiger partial charge on any atom is 0.185 e. The first-order chi connectivity index (χ1) is 13.8. The van der Waals surface area contributed by atoms with E-state index in [-0.39, 0.29) is 5.78 Å². The van der Waals surface area contributed by atoms with Gasteiger partial charge in [0.25, 0.3) is 0 Å². The van der Waals surface area contributed by atoms with Crippen molar-refractivity contribution in [2.24, 2.45) is 0 Å². The Labute approximate surface area is 169 Å². The van der Waals surface area contributed by atoms with Gasteiger partial charge in [0, 0.05) is 11.5 Å². The first-order valence-corrected chi connectivity index (χ1v) is 10.5. The third kappa shape index (κ3) is 5.42. The number of carbonyl (C=O) groups is 1. The summed E-state index contributed by atoms with van der Waals surface area (Å²) in [6, 6.07) is 16.0. The molecule has 144 valence electrons. The molecule has 0 atom stereocenters. The average Bonchev–Trinajstić information content (AvgIpc) is 3.27. The summed E-state index contributed by atoms with van der Waals surface area (Å²) in [6.45, 7) is 2.25. The van der Waals surface area contributed by atoms with Crippen LogP contribution in [0.25, 0.3) is 6.08 Å². The van der Waals surface area contributed by atoms with Crippen LogP contribution in [-0.4, -0.2) is 5.78 Å². The minimum absolute atomic E-state index is 0.0500. The van der Waals surface area contributed by atoms with Crippen LogP contribution in [-0.2, 0) is 6.42 Å². The Hall–Kier alpha value is -2.67. The highest BCUT2D eigenvalue weighted by Gasteiger charge is 2.15. The van der Waals surface area contributed by atoms with Gasteiger partial charge < -0.3 is 0 Å². The minimum Gasteiger partial charge on any atom is -0.289 e. The Bertz CT molecular complexity index is 843. The van der Waals surface area contributed by atoms with Gasteiger partial charge in [0.2, 0.25) is 0 Å². The number of ketones is 1. The minimum atomic E-state index is 0.0500. The number of benzene rings is 2. The Balaban J connectivity index is 1.80. The van der Waals surface area contributed by atoms with Crippen molar-refractivity contribution in [1.82, 2.24) is 0 Å². The molecule has 0 fully saturated rings. The zero-order chi connectivity index (χ0) is 19.6. The SMILES string of the molecule is CCCCCCCc1cccc(C=CC(=O)c2ccccc2)c1C1C=CC=C1. The first kappa shape index (κ1) is 20.1. The molecule has 0 aliphatic heterocycles. The fourth-order valence-electron chi connectivity index (χ4n) is 3.81. The summed E-state index contributed by atoms with van der Waals surface area (Å²) in [4.78, 5) is 12.5. The van der Waals surface area contributed by atoms with Crippen LogP contribution in [0.1, 0.15) is 72.0 Å². The van der Waals surface area contributed by atoms with Crippen LogP contribution in [0.5, 0.6) is 0 Å². The second kappa shape index (κ2) is 10.6. The van der Waals surface area contributed by atoms with Gasteiger partial charge in [0.1, 0.15) is 0 Å². The lowest BCUT2D eigenvalue weighted by Crippen LogP contribution is -2.02. The van der Waals surface area contributed by atoms with E-state index in [0.29, 0.717) is 5.92 Å². The second-order valence-electron chi connectivity index (χ2n) is 7.44. The van der Waals surface area contributed by atoms with Crippen LogP contribution in [0.4, 0.5) is 0 Å². The molecule has 0 amide bonds. The molecule has 1 aliphatic rings. The molecule has 1 heteroatoms. The van der Waals surface area contributed by atoms with E-state index in [1.54, 1.807) is 6.08 Å². The third-order valence-electron chi connectivity index (χ3n) is 5.33. The fraction of sp³-hybridized carbons (Fsp3) is 0.296. The largest absolute Gasteiger partial charge is 0.289 e. The molecule has 0 bridgehead atoms. The van der Waals surface area contributed by atoms with Crippen LogP contribution in [0.15, 0.2) is 78.9 Å². The molecular weight excluding hydrogens is 340 g/mol.